The van der Waals surface area contributed by atoms with E-state index in [0.29, 0.717) is 22.6 Å². The Balaban J connectivity index is 0.00000272. The number of fused-ring (bicyclic) bond motifs is 1. The summed E-state index contributed by atoms with van der Waals surface area (Å²) in [5.41, 5.74) is 2.82. The third-order valence-corrected chi connectivity index (χ3v) is 5.62. The average Bonchev–Trinajstić information content (AvgIpc) is 2.69. The SMILES string of the molecule is CC(C)(C)NC1CCN(c2cc(Nc3ccc(Cl)cc3O)nc3ccccc23)CC1.Cl. The monoisotopic (exact) mass is 460 g/mol. The number of aromatic hydroxyl groups is 1. The first-order valence-corrected chi connectivity index (χ1v) is 10.8. The molecule has 3 aromatic rings. The van der Waals surface area contributed by atoms with Gasteiger partial charge in [-0.1, -0.05) is 29.8 Å². The number of para-hydroxylation sites is 1. The number of pyridine rings is 1. The normalized spacial score (nSPS) is 15.0. The van der Waals surface area contributed by atoms with Gasteiger partial charge in [-0.25, -0.2) is 4.98 Å². The van der Waals surface area contributed by atoms with E-state index >= 15 is 0 Å². The fraction of sp³-hybridized carbons (Fsp3) is 0.375. The van der Waals surface area contributed by atoms with Crippen LogP contribution < -0.4 is 15.5 Å². The van der Waals surface area contributed by atoms with Crippen molar-refractivity contribution in [2.45, 2.75) is 45.2 Å². The summed E-state index contributed by atoms with van der Waals surface area (Å²) in [4.78, 5) is 7.20. The van der Waals surface area contributed by atoms with E-state index in [9.17, 15) is 5.11 Å². The Kier molecular flexibility index (Phi) is 7.20. The van der Waals surface area contributed by atoms with Crippen LogP contribution in [0.4, 0.5) is 17.2 Å². The van der Waals surface area contributed by atoms with Gasteiger partial charge in [-0.15, -0.1) is 12.4 Å². The van der Waals surface area contributed by atoms with Crippen molar-refractivity contribution in [1.29, 1.82) is 0 Å². The molecular formula is C24H30Cl2N4O. The van der Waals surface area contributed by atoms with Gasteiger partial charge in [0.1, 0.15) is 11.6 Å². The number of phenols is 1. The van der Waals surface area contributed by atoms with Gasteiger partial charge in [-0.3, -0.25) is 0 Å². The summed E-state index contributed by atoms with van der Waals surface area (Å²) in [6.45, 7) is 8.65. The lowest BCUT2D eigenvalue weighted by Gasteiger charge is -2.37. The maximum Gasteiger partial charge on any atom is 0.140 e. The van der Waals surface area contributed by atoms with E-state index in [-0.39, 0.29) is 23.7 Å². The number of nitrogens with zero attached hydrogens (tertiary/aromatic N) is 2. The van der Waals surface area contributed by atoms with Gasteiger partial charge in [-0.05, 0) is 51.8 Å². The Bertz CT molecular complexity index is 1040. The number of phenolic OH excluding ortho intramolecular Hbond substituents is 1. The van der Waals surface area contributed by atoms with Crippen molar-refractivity contribution in [1.82, 2.24) is 10.3 Å². The molecule has 0 unspecified atom stereocenters. The molecule has 2 aromatic carbocycles. The Hall–Kier alpha value is -2.21. The quantitative estimate of drug-likeness (QED) is 0.409. The molecule has 1 fully saturated rings. The van der Waals surface area contributed by atoms with Gasteiger partial charge in [0, 0.05) is 52.9 Å². The molecular weight excluding hydrogens is 431 g/mol. The van der Waals surface area contributed by atoms with Crippen LogP contribution in [0.2, 0.25) is 5.02 Å². The third kappa shape index (κ3) is 5.73. The number of rotatable bonds is 4. The Morgan fingerprint density at radius 3 is 2.45 bits per heavy atom. The van der Waals surface area contributed by atoms with E-state index in [2.05, 4.69) is 54.5 Å². The topological polar surface area (TPSA) is 60.4 Å². The van der Waals surface area contributed by atoms with Crippen molar-refractivity contribution in [3.05, 3.63) is 53.6 Å². The Morgan fingerprint density at radius 2 is 1.77 bits per heavy atom. The van der Waals surface area contributed by atoms with Gasteiger partial charge in [0.2, 0.25) is 0 Å². The minimum atomic E-state index is 0. The van der Waals surface area contributed by atoms with Crippen molar-refractivity contribution in [2.24, 2.45) is 0 Å². The molecule has 5 nitrogen and oxygen atoms in total. The first-order valence-electron chi connectivity index (χ1n) is 10.5. The van der Waals surface area contributed by atoms with Crippen LogP contribution in [0.5, 0.6) is 5.75 Å². The maximum atomic E-state index is 10.2. The van der Waals surface area contributed by atoms with Crippen molar-refractivity contribution >= 4 is 52.1 Å². The zero-order chi connectivity index (χ0) is 21.3. The number of hydrogen-bond donors (Lipinski definition) is 3. The van der Waals surface area contributed by atoms with Crippen LogP contribution in [0, 0.1) is 0 Å². The van der Waals surface area contributed by atoms with Crippen LogP contribution in [0.15, 0.2) is 48.5 Å². The highest BCUT2D eigenvalue weighted by atomic mass is 35.5. The molecule has 31 heavy (non-hydrogen) atoms. The van der Waals surface area contributed by atoms with Gasteiger partial charge < -0.3 is 20.6 Å². The maximum absolute atomic E-state index is 10.2. The summed E-state index contributed by atoms with van der Waals surface area (Å²) in [6.07, 6.45) is 2.21. The van der Waals surface area contributed by atoms with E-state index in [1.165, 1.54) is 11.8 Å². The molecule has 0 aliphatic carbocycles. The van der Waals surface area contributed by atoms with Crippen LogP contribution in [0.1, 0.15) is 33.6 Å². The number of hydrogen-bond acceptors (Lipinski definition) is 5. The zero-order valence-corrected chi connectivity index (χ0v) is 19.7. The minimum absolute atomic E-state index is 0. The molecule has 0 saturated carbocycles. The average molecular weight is 461 g/mol. The minimum Gasteiger partial charge on any atom is -0.506 e. The predicted octanol–water partition coefficient (Wildman–Crippen LogP) is 6.12. The molecule has 2 heterocycles. The molecule has 1 aliphatic heterocycles. The second kappa shape index (κ2) is 9.51. The van der Waals surface area contributed by atoms with Crippen molar-refractivity contribution in [3.63, 3.8) is 0 Å². The largest absolute Gasteiger partial charge is 0.506 e. The standard InChI is InChI=1S/C24H29ClN4O.ClH/c1-24(2,3)28-17-10-12-29(13-11-17)21-15-23(26-19-7-5-4-6-18(19)21)27-20-9-8-16(25)14-22(20)30;/h4-9,14-15,17,28,30H,10-13H2,1-3H3,(H,26,27);1H. The zero-order valence-electron chi connectivity index (χ0n) is 18.2. The Labute approximate surface area is 195 Å². The van der Waals surface area contributed by atoms with Crippen molar-refractivity contribution < 1.29 is 5.11 Å². The summed E-state index contributed by atoms with van der Waals surface area (Å²) in [6, 6.07) is 15.9. The highest BCUT2D eigenvalue weighted by Crippen LogP contribution is 2.34. The van der Waals surface area contributed by atoms with Gasteiger partial charge >= 0.3 is 0 Å². The van der Waals surface area contributed by atoms with Gasteiger partial charge in [0.25, 0.3) is 0 Å². The fourth-order valence-corrected chi connectivity index (χ4v) is 4.27. The van der Waals surface area contributed by atoms with Gasteiger partial charge in [0.05, 0.1) is 11.2 Å². The molecule has 1 saturated heterocycles. The van der Waals surface area contributed by atoms with Gasteiger partial charge in [-0.2, -0.15) is 0 Å². The second-order valence-electron chi connectivity index (χ2n) is 8.99. The van der Waals surface area contributed by atoms with E-state index in [1.807, 2.05) is 12.1 Å². The third-order valence-electron chi connectivity index (χ3n) is 5.39. The molecule has 7 heteroatoms. The summed E-state index contributed by atoms with van der Waals surface area (Å²) >= 11 is 5.96. The van der Waals surface area contributed by atoms with Crippen LogP contribution in [-0.2, 0) is 0 Å². The van der Waals surface area contributed by atoms with E-state index < -0.39 is 0 Å². The fourth-order valence-electron chi connectivity index (χ4n) is 4.11. The molecule has 4 rings (SSSR count). The number of benzene rings is 2. The number of aromatic nitrogens is 1. The smallest absolute Gasteiger partial charge is 0.140 e. The number of halogens is 2. The lowest BCUT2D eigenvalue weighted by Crippen LogP contribution is -2.49. The predicted molar refractivity (Wildman–Crippen MR) is 134 cm³/mol. The number of nitrogens with one attached hydrogen (secondary N) is 2. The summed E-state index contributed by atoms with van der Waals surface area (Å²) in [5.74, 6) is 0.810. The van der Waals surface area contributed by atoms with Crippen LogP contribution in [0.25, 0.3) is 10.9 Å². The first-order chi connectivity index (χ1) is 14.3. The molecule has 0 spiro atoms. The Morgan fingerprint density at radius 1 is 1.06 bits per heavy atom. The first kappa shape index (κ1) is 23.5. The molecule has 166 valence electrons. The van der Waals surface area contributed by atoms with E-state index in [4.69, 9.17) is 16.6 Å². The number of anilines is 3. The molecule has 0 amide bonds. The lowest BCUT2D eigenvalue weighted by atomic mass is 9.99. The second-order valence-corrected chi connectivity index (χ2v) is 9.42. The van der Waals surface area contributed by atoms with Crippen molar-refractivity contribution in [2.75, 3.05) is 23.3 Å². The highest BCUT2D eigenvalue weighted by Gasteiger charge is 2.24. The van der Waals surface area contributed by atoms with Crippen LogP contribution in [-0.4, -0.2) is 34.8 Å². The summed E-state index contributed by atoms with van der Waals surface area (Å²) in [5, 5.41) is 18.8. The number of piperidine rings is 1. The van der Waals surface area contributed by atoms with E-state index in [0.717, 1.165) is 36.8 Å². The highest BCUT2D eigenvalue weighted by molar-refractivity contribution is 6.30. The summed E-state index contributed by atoms with van der Waals surface area (Å²) in [7, 11) is 0. The molecule has 1 aliphatic rings. The molecule has 0 atom stereocenters. The van der Waals surface area contributed by atoms with Crippen LogP contribution >= 0.6 is 24.0 Å². The molecule has 1 aromatic heterocycles. The summed E-state index contributed by atoms with van der Waals surface area (Å²) < 4.78 is 0. The molecule has 0 bridgehead atoms. The van der Waals surface area contributed by atoms with E-state index in [1.54, 1.807) is 12.1 Å². The molecule has 0 radical (unpaired) electrons. The van der Waals surface area contributed by atoms with Crippen LogP contribution in [0.3, 0.4) is 0 Å². The lowest BCUT2D eigenvalue weighted by molar-refractivity contribution is 0.317. The van der Waals surface area contributed by atoms with Crippen molar-refractivity contribution in [3.8, 4) is 5.75 Å². The van der Waals surface area contributed by atoms with Gasteiger partial charge in [0.15, 0.2) is 0 Å². The molecule has 3 N–H and O–H groups in total.